The van der Waals surface area contributed by atoms with Crippen LogP contribution in [-0.2, 0) is 37.8 Å². The van der Waals surface area contributed by atoms with Crippen molar-refractivity contribution in [2.45, 2.75) is 26.3 Å². The van der Waals surface area contributed by atoms with E-state index in [1.54, 1.807) is 0 Å². The molecule has 0 fully saturated rings. The number of non-ortho nitro benzene ring substituents is 2. The summed E-state index contributed by atoms with van der Waals surface area (Å²) in [7, 11) is -4.09. The lowest BCUT2D eigenvalue weighted by molar-refractivity contribution is -0.385. The van der Waals surface area contributed by atoms with Gasteiger partial charge < -0.3 is 19.1 Å². The van der Waals surface area contributed by atoms with E-state index in [2.05, 4.69) is 4.98 Å². The number of aliphatic hydroxyl groups is 1. The van der Waals surface area contributed by atoms with Gasteiger partial charge in [0.25, 0.3) is 16.9 Å². The predicted molar refractivity (Wildman–Crippen MR) is 153 cm³/mol. The van der Waals surface area contributed by atoms with Crippen LogP contribution in [0.3, 0.4) is 0 Å². The molecule has 3 rings (SSSR count). The first-order valence-electron chi connectivity index (χ1n) is 12.9. The minimum absolute atomic E-state index is 0.0973. The van der Waals surface area contributed by atoms with E-state index in [0.717, 1.165) is 9.47 Å². The second-order valence-corrected chi connectivity index (χ2v) is 11.4. The molecule has 1 amide bonds. The third kappa shape index (κ3) is 9.78. The Hall–Kier alpha value is -4.50. The van der Waals surface area contributed by atoms with E-state index in [9.17, 15) is 44.3 Å². The molecule has 0 spiro atoms. The van der Waals surface area contributed by atoms with Crippen molar-refractivity contribution in [1.29, 1.82) is 0 Å². The number of rotatable bonds is 16. The van der Waals surface area contributed by atoms with E-state index in [-0.39, 0.29) is 49.5 Å². The van der Waals surface area contributed by atoms with Gasteiger partial charge >= 0.3 is 13.3 Å². The van der Waals surface area contributed by atoms with Gasteiger partial charge in [-0.15, -0.1) is 0 Å². The molecule has 16 nitrogen and oxygen atoms in total. The van der Waals surface area contributed by atoms with Gasteiger partial charge in [-0.3, -0.25) is 43.9 Å². The second-order valence-electron chi connectivity index (χ2n) is 9.35. The molecule has 0 aliphatic rings. The SMILES string of the molecule is Cc1cn(CC(=O)N(CCO)CP(=O)(OCCc2ccc([N+](=O)[O-])cc2)OCCc2ccc([N+](=O)[O-])cc2)c(=O)[nH]c1=O. The van der Waals surface area contributed by atoms with Crippen LogP contribution in [0.25, 0.3) is 0 Å². The Bertz CT molecular complexity index is 1540. The highest BCUT2D eigenvalue weighted by atomic mass is 31.2. The number of nitrogens with one attached hydrogen (secondary N) is 1. The zero-order chi connectivity index (χ0) is 31.6. The molecule has 2 N–H and O–H groups in total. The molecule has 2 aromatic carbocycles. The third-order valence-electron chi connectivity index (χ3n) is 6.21. The summed E-state index contributed by atoms with van der Waals surface area (Å²) in [5, 5.41) is 31.4. The summed E-state index contributed by atoms with van der Waals surface area (Å²) in [6, 6.07) is 11.4. The third-order valence-corrected chi connectivity index (χ3v) is 8.05. The summed E-state index contributed by atoms with van der Waals surface area (Å²) in [6.07, 6.45) is 1.03. The zero-order valence-corrected chi connectivity index (χ0v) is 24.0. The number of aromatic nitrogens is 2. The molecular formula is C26H30N5O11P. The lowest BCUT2D eigenvalue weighted by Gasteiger charge is -2.27. The van der Waals surface area contributed by atoms with E-state index < -0.39 is 54.0 Å². The van der Waals surface area contributed by atoms with Crippen molar-refractivity contribution in [3.63, 3.8) is 0 Å². The van der Waals surface area contributed by atoms with Gasteiger partial charge in [0.15, 0.2) is 0 Å². The molecule has 0 aliphatic heterocycles. The van der Waals surface area contributed by atoms with Gasteiger partial charge in [-0.05, 0) is 30.9 Å². The first-order chi connectivity index (χ1) is 20.4. The highest BCUT2D eigenvalue weighted by molar-refractivity contribution is 7.53. The summed E-state index contributed by atoms with van der Waals surface area (Å²) in [5.41, 5.74) is -0.128. The number of nitro benzene ring substituents is 2. The van der Waals surface area contributed by atoms with Crippen LogP contribution in [0.2, 0.25) is 0 Å². The van der Waals surface area contributed by atoms with Crippen LogP contribution in [0.4, 0.5) is 11.4 Å². The molecule has 0 radical (unpaired) electrons. The number of aryl methyl sites for hydroxylation is 1. The summed E-state index contributed by atoms with van der Waals surface area (Å²) >= 11 is 0. The number of benzene rings is 2. The van der Waals surface area contributed by atoms with Crippen LogP contribution in [0, 0.1) is 27.2 Å². The van der Waals surface area contributed by atoms with E-state index in [1.165, 1.54) is 61.7 Å². The topological polar surface area (TPSA) is 217 Å². The molecule has 0 aliphatic carbocycles. The van der Waals surface area contributed by atoms with Crippen molar-refractivity contribution in [2.75, 3.05) is 32.7 Å². The molecule has 43 heavy (non-hydrogen) atoms. The smallest absolute Gasteiger partial charge is 0.349 e. The Morgan fingerprint density at radius 3 is 1.88 bits per heavy atom. The largest absolute Gasteiger partial charge is 0.395 e. The molecule has 1 aromatic heterocycles. The van der Waals surface area contributed by atoms with Gasteiger partial charge in [0.2, 0.25) is 5.91 Å². The lowest BCUT2D eigenvalue weighted by atomic mass is 10.1. The molecule has 0 atom stereocenters. The number of hydrogen-bond donors (Lipinski definition) is 2. The van der Waals surface area contributed by atoms with Crippen molar-refractivity contribution in [1.82, 2.24) is 14.5 Å². The first kappa shape index (κ1) is 33.0. The average Bonchev–Trinajstić information content (AvgIpc) is 2.96. The van der Waals surface area contributed by atoms with Crippen LogP contribution < -0.4 is 11.2 Å². The van der Waals surface area contributed by atoms with Crippen LogP contribution in [0.15, 0.2) is 64.3 Å². The number of aliphatic hydroxyl groups excluding tert-OH is 1. The Morgan fingerprint density at radius 1 is 0.953 bits per heavy atom. The average molecular weight is 620 g/mol. The van der Waals surface area contributed by atoms with Gasteiger partial charge in [0.05, 0.1) is 29.7 Å². The first-order valence-corrected chi connectivity index (χ1v) is 14.7. The fourth-order valence-corrected chi connectivity index (χ4v) is 5.57. The molecule has 0 unspecified atom stereocenters. The van der Waals surface area contributed by atoms with Gasteiger partial charge in [-0.2, -0.15) is 0 Å². The van der Waals surface area contributed by atoms with Crippen LogP contribution in [0.1, 0.15) is 16.7 Å². The quantitative estimate of drug-likeness (QED) is 0.134. The summed E-state index contributed by atoms with van der Waals surface area (Å²) in [5.74, 6) is -0.708. The molecule has 0 bridgehead atoms. The molecule has 230 valence electrons. The van der Waals surface area contributed by atoms with Crippen molar-refractivity contribution in [2.24, 2.45) is 0 Å². The number of hydrogen-bond acceptors (Lipinski definition) is 11. The minimum atomic E-state index is -4.09. The molecule has 0 saturated heterocycles. The summed E-state index contributed by atoms with van der Waals surface area (Å²) in [4.78, 5) is 60.8. The molecule has 0 saturated carbocycles. The maximum Gasteiger partial charge on any atom is 0.349 e. The lowest BCUT2D eigenvalue weighted by Crippen LogP contribution is -2.40. The number of nitrogens with zero attached hydrogens (tertiary/aromatic N) is 4. The fraction of sp³-hybridized carbons (Fsp3) is 0.346. The Labute approximate surface area is 244 Å². The fourth-order valence-electron chi connectivity index (χ4n) is 3.88. The van der Waals surface area contributed by atoms with Crippen molar-refractivity contribution < 1.29 is 33.4 Å². The van der Waals surface area contributed by atoms with Gasteiger partial charge in [-0.25, -0.2) is 4.79 Å². The number of nitro groups is 2. The Kier molecular flexibility index (Phi) is 11.6. The standard InChI is InChI=1S/C26H30N5O11P/c1-19-16-29(26(35)27-25(19)34)17-24(33)28(12-13-32)18-43(40,41-14-10-20-2-6-22(7-3-20)30(36)37)42-15-11-21-4-8-23(9-5-21)31(38)39/h2-9,16,32H,10-15,17-18H2,1H3,(H,27,34,35). The number of amides is 1. The van der Waals surface area contributed by atoms with Crippen LogP contribution in [-0.4, -0.2) is 68.0 Å². The van der Waals surface area contributed by atoms with Crippen LogP contribution in [0.5, 0.6) is 0 Å². The molecule has 3 aromatic rings. The molecule has 1 heterocycles. The maximum absolute atomic E-state index is 13.9. The van der Waals surface area contributed by atoms with Gasteiger partial charge in [0, 0.05) is 42.6 Å². The zero-order valence-electron chi connectivity index (χ0n) is 23.1. The Balaban J connectivity index is 1.75. The Morgan fingerprint density at radius 2 is 1.44 bits per heavy atom. The molecular weight excluding hydrogens is 589 g/mol. The highest BCUT2D eigenvalue weighted by Crippen LogP contribution is 2.49. The van der Waals surface area contributed by atoms with Crippen LogP contribution >= 0.6 is 7.60 Å². The van der Waals surface area contributed by atoms with Crippen molar-refractivity contribution in [3.05, 3.63) is 112 Å². The van der Waals surface area contributed by atoms with E-state index in [4.69, 9.17) is 9.05 Å². The minimum Gasteiger partial charge on any atom is -0.395 e. The van der Waals surface area contributed by atoms with E-state index >= 15 is 0 Å². The monoisotopic (exact) mass is 619 g/mol. The number of carbonyl (C=O) groups is 1. The maximum atomic E-state index is 13.9. The van der Waals surface area contributed by atoms with E-state index in [1.807, 2.05) is 0 Å². The van der Waals surface area contributed by atoms with Crippen molar-refractivity contribution in [3.8, 4) is 0 Å². The molecule has 17 heteroatoms. The normalized spacial score (nSPS) is 11.3. The highest BCUT2D eigenvalue weighted by Gasteiger charge is 2.31. The van der Waals surface area contributed by atoms with Crippen molar-refractivity contribution >= 4 is 24.9 Å². The van der Waals surface area contributed by atoms with E-state index in [0.29, 0.717) is 11.1 Å². The summed E-state index contributed by atoms with van der Waals surface area (Å²) in [6.45, 7) is -0.133. The predicted octanol–water partition coefficient (Wildman–Crippen LogP) is 2.15. The number of H-pyrrole nitrogens is 1. The van der Waals surface area contributed by atoms with Gasteiger partial charge in [-0.1, -0.05) is 24.3 Å². The number of aromatic amines is 1. The van der Waals surface area contributed by atoms with Gasteiger partial charge in [0.1, 0.15) is 12.8 Å². The summed E-state index contributed by atoms with van der Waals surface area (Å²) < 4.78 is 26.2. The second kappa shape index (κ2) is 15.1. The number of carbonyl (C=O) groups excluding carboxylic acids is 1.